The van der Waals surface area contributed by atoms with E-state index < -0.39 is 30.5 Å². The van der Waals surface area contributed by atoms with Crippen LogP contribution >= 0.6 is 0 Å². The number of aromatic nitrogens is 5. The van der Waals surface area contributed by atoms with Gasteiger partial charge in [-0.05, 0) is 24.1 Å². The third-order valence-electron chi connectivity index (χ3n) is 6.28. The smallest absolute Gasteiger partial charge is 0.336 e. The van der Waals surface area contributed by atoms with Gasteiger partial charge < -0.3 is 30.5 Å². The van der Waals surface area contributed by atoms with Gasteiger partial charge in [0, 0.05) is 18.2 Å². The zero-order valence-electron chi connectivity index (χ0n) is 19.9. The predicted octanol–water partition coefficient (Wildman–Crippen LogP) is 1.02. The molecule has 0 saturated carbocycles. The molecule has 3 aromatic heterocycles. The summed E-state index contributed by atoms with van der Waals surface area (Å²) in [6.45, 7) is -0.0888. The van der Waals surface area contributed by atoms with Gasteiger partial charge in [-0.1, -0.05) is 18.2 Å². The van der Waals surface area contributed by atoms with Crippen LogP contribution in [0.2, 0.25) is 0 Å². The van der Waals surface area contributed by atoms with Crippen LogP contribution in [0.3, 0.4) is 0 Å². The van der Waals surface area contributed by atoms with Crippen LogP contribution in [-0.4, -0.2) is 76.5 Å². The molecule has 4 aromatic rings. The number of anilines is 1. The van der Waals surface area contributed by atoms with Crippen molar-refractivity contribution in [3.63, 3.8) is 0 Å². The molecule has 0 unspecified atom stereocenters. The van der Waals surface area contributed by atoms with Gasteiger partial charge in [0.15, 0.2) is 23.5 Å². The van der Waals surface area contributed by atoms with Crippen LogP contribution in [0, 0.1) is 0 Å². The molecular weight excluding hydrogens is 496 g/mol. The fraction of sp³-hybridized carbons (Fsp3) is 0.280. The molecule has 1 saturated heterocycles. The third-order valence-corrected chi connectivity index (χ3v) is 6.28. The van der Waals surface area contributed by atoms with Crippen molar-refractivity contribution in [1.82, 2.24) is 24.5 Å². The molecule has 1 aromatic carbocycles. The first kappa shape index (κ1) is 25.2. The topological polar surface area (TPSA) is 196 Å². The maximum atomic E-state index is 12.6. The number of ether oxygens (including phenoxy) is 2. The van der Waals surface area contributed by atoms with E-state index in [0.717, 1.165) is 0 Å². The monoisotopic (exact) mass is 520 g/mol. The van der Waals surface area contributed by atoms with Gasteiger partial charge in [0.05, 0.1) is 18.1 Å². The van der Waals surface area contributed by atoms with E-state index in [-0.39, 0.29) is 35.8 Å². The molecule has 5 rings (SSSR count). The van der Waals surface area contributed by atoms with Crippen LogP contribution in [0.25, 0.3) is 11.2 Å². The van der Waals surface area contributed by atoms with E-state index in [2.05, 4.69) is 19.9 Å². The van der Waals surface area contributed by atoms with Gasteiger partial charge in [-0.3, -0.25) is 14.3 Å². The number of nitrogens with zero attached hydrogens (tertiary/aromatic N) is 5. The number of Topliss-reactive ketones (excluding diaryl/α,β-unsaturated/α-hetero) is 1. The number of aromatic carboxylic acids is 1. The summed E-state index contributed by atoms with van der Waals surface area (Å²) in [6, 6.07) is 7.77. The number of imidazole rings is 1. The first-order valence-corrected chi connectivity index (χ1v) is 11.7. The van der Waals surface area contributed by atoms with Gasteiger partial charge in [-0.15, -0.1) is 0 Å². The third kappa shape index (κ3) is 4.89. The van der Waals surface area contributed by atoms with E-state index in [9.17, 15) is 24.9 Å². The number of ketones is 1. The number of carbonyl (C=O) groups is 2. The molecule has 0 amide bonds. The zero-order chi connectivity index (χ0) is 26.8. The summed E-state index contributed by atoms with van der Waals surface area (Å²) in [5, 5.41) is 30.5. The lowest BCUT2D eigenvalue weighted by Crippen LogP contribution is -2.34. The molecule has 0 bridgehead atoms. The van der Waals surface area contributed by atoms with E-state index in [1.54, 1.807) is 24.4 Å². The highest BCUT2D eigenvalue weighted by molar-refractivity contribution is 6.05. The molecule has 0 radical (unpaired) electrons. The number of benzene rings is 1. The molecule has 1 fully saturated rings. The van der Waals surface area contributed by atoms with Crippen molar-refractivity contribution < 1.29 is 34.4 Å². The number of rotatable bonds is 9. The number of aryl methyl sites for hydroxylation is 1. The quantitative estimate of drug-likeness (QED) is 0.229. The van der Waals surface area contributed by atoms with Crippen molar-refractivity contribution in [3.05, 3.63) is 72.1 Å². The molecule has 196 valence electrons. The molecule has 38 heavy (non-hydrogen) atoms. The second-order valence-corrected chi connectivity index (χ2v) is 8.74. The number of hydrogen-bond donors (Lipinski definition) is 4. The van der Waals surface area contributed by atoms with Crippen LogP contribution in [0.1, 0.15) is 38.9 Å². The van der Waals surface area contributed by atoms with Crippen molar-refractivity contribution >= 4 is 28.7 Å². The number of pyridine rings is 1. The number of carbonyl (C=O) groups excluding carboxylic acids is 1. The van der Waals surface area contributed by atoms with Gasteiger partial charge in [0.2, 0.25) is 0 Å². The van der Waals surface area contributed by atoms with Crippen LogP contribution in [0.15, 0.2) is 55.4 Å². The van der Waals surface area contributed by atoms with Gasteiger partial charge in [0.25, 0.3) is 0 Å². The highest BCUT2D eigenvalue weighted by atomic mass is 16.6. The van der Waals surface area contributed by atoms with Gasteiger partial charge in [0.1, 0.15) is 42.5 Å². The Morgan fingerprint density at radius 2 is 1.87 bits per heavy atom. The molecule has 0 aliphatic carbocycles. The molecule has 0 spiro atoms. The number of nitrogens with two attached hydrogens (primary N) is 1. The molecule has 5 N–H and O–H groups in total. The summed E-state index contributed by atoms with van der Waals surface area (Å²) in [6.07, 6.45) is 1.77. The van der Waals surface area contributed by atoms with Crippen LogP contribution in [-0.2, 0) is 11.2 Å². The number of nitrogen functional groups attached to an aromatic ring is 1. The second-order valence-electron chi connectivity index (χ2n) is 8.74. The average Bonchev–Trinajstić information content (AvgIpc) is 3.48. The number of carboxylic acids is 1. The van der Waals surface area contributed by atoms with Crippen molar-refractivity contribution in [1.29, 1.82) is 0 Å². The van der Waals surface area contributed by atoms with E-state index in [1.165, 1.54) is 35.6 Å². The fourth-order valence-electron chi connectivity index (χ4n) is 4.32. The summed E-state index contributed by atoms with van der Waals surface area (Å²) in [5.74, 6) is -0.894. The van der Waals surface area contributed by atoms with Gasteiger partial charge in [-0.25, -0.2) is 19.7 Å². The Morgan fingerprint density at radius 1 is 1.08 bits per heavy atom. The summed E-state index contributed by atoms with van der Waals surface area (Å²) in [5.41, 5.74) is 7.35. The minimum Gasteiger partial charge on any atom is -0.489 e. The van der Waals surface area contributed by atoms with Crippen LogP contribution in [0.5, 0.6) is 5.75 Å². The Hall–Kier alpha value is -4.46. The summed E-state index contributed by atoms with van der Waals surface area (Å²) in [7, 11) is 0. The largest absolute Gasteiger partial charge is 0.489 e. The van der Waals surface area contributed by atoms with Crippen molar-refractivity contribution in [2.75, 3.05) is 12.3 Å². The Morgan fingerprint density at radius 3 is 2.66 bits per heavy atom. The minimum atomic E-state index is -1.28. The Labute approximate surface area is 215 Å². The van der Waals surface area contributed by atoms with Crippen LogP contribution in [0.4, 0.5) is 5.82 Å². The Bertz CT molecular complexity index is 1490. The van der Waals surface area contributed by atoms with E-state index in [1.807, 2.05) is 0 Å². The Kier molecular flexibility index (Phi) is 6.96. The number of carboxylic acid groups (broad SMARTS) is 1. The summed E-state index contributed by atoms with van der Waals surface area (Å²) in [4.78, 5) is 40.3. The normalized spacial score (nSPS) is 21.0. The van der Waals surface area contributed by atoms with E-state index in [0.29, 0.717) is 28.9 Å². The number of hydrogen-bond acceptors (Lipinski definition) is 11. The maximum Gasteiger partial charge on any atom is 0.336 e. The fourth-order valence-corrected chi connectivity index (χ4v) is 4.32. The van der Waals surface area contributed by atoms with Crippen molar-refractivity contribution in [2.45, 2.75) is 37.4 Å². The first-order chi connectivity index (χ1) is 18.3. The number of aliphatic hydroxyl groups is 2. The molecule has 4 atom stereocenters. The lowest BCUT2D eigenvalue weighted by molar-refractivity contribution is -0.0474. The predicted molar refractivity (Wildman–Crippen MR) is 131 cm³/mol. The minimum absolute atomic E-state index is 0.0390. The molecule has 4 heterocycles. The van der Waals surface area contributed by atoms with Gasteiger partial charge >= 0.3 is 5.97 Å². The highest BCUT2D eigenvalue weighted by Crippen LogP contribution is 2.32. The van der Waals surface area contributed by atoms with Crippen molar-refractivity contribution in [3.8, 4) is 5.75 Å². The number of aliphatic hydroxyl groups excluding tert-OH is 2. The van der Waals surface area contributed by atoms with Gasteiger partial charge in [-0.2, -0.15) is 0 Å². The second kappa shape index (κ2) is 10.5. The van der Waals surface area contributed by atoms with E-state index >= 15 is 0 Å². The number of fused-ring (bicyclic) bond motifs is 1. The molecule has 1 aliphatic rings. The lowest BCUT2D eigenvalue weighted by atomic mass is 9.99. The lowest BCUT2D eigenvalue weighted by Gasteiger charge is -2.16. The maximum absolute atomic E-state index is 12.6. The average molecular weight is 521 g/mol. The van der Waals surface area contributed by atoms with Crippen LogP contribution < -0.4 is 10.5 Å². The zero-order valence-corrected chi connectivity index (χ0v) is 19.9. The molecular formula is C25H24N6O7. The van der Waals surface area contributed by atoms with Crippen molar-refractivity contribution in [2.24, 2.45) is 0 Å². The molecule has 13 heteroatoms. The Balaban J connectivity index is 1.21. The highest BCUT2D eigenvalue weighted by Gasteiger charge is 2.44. The standard InChI is InChI=1S/C25H24N6O7/c26-22-19-23(29-11-28-22)31(12-30-19)24-21(34)20(33)18(38-24)10-37-14-7-13(8-27-9-14)5-6-17(32)15-3-1-2-4-16(15)25(35)36/h1-4,7-9,11-12,18,20-21,24,33-34H,5-6,10H2,(H,35,36)(H2,26,28,29)/t18-,20-,21-,24-/m1/s1. The molecule has 1 aliphatic heterocycles. The first-order valence-electron chi connectivity index (χ1n) is 11.7. The SMILES string of the molecule is Nc1ncnc2c1ncn2[C@@H]1O[C@H](COc2cncc(CCC(=O)c3ccccc3C(=O)O)c2)[C@@H](O)[C@H]1O. The van der Waals surface area contributed by atoms with E-state index in [4.69, 9.17) is 15.2 Å². The summed E-state index contributed by atoms with van der Waals surface area (Å²) >= 11 is 0. The summed E-state index contributed by atoms with van der Waals surface area (Å²) < 4.78 is 13.1. The molecule has 13 nitrogen and oxygen atoms in total.